The van der Waals surface area contributed by atoms with Crippen molar-refractivity contribution >= 4 is 21.8 Å². The average Bonchev–Trinajstić information content (AvgIpc) is 2.29. The van der Waals surface area contributed by atoms with Crippen molar-refractivity contribution in [2.45, 2.75) is 52.4 Å². The quantitative estimate of drug-likeness (QED) is 0.709. The lowest BCUT2D eigenvalue weighted by Crippen LogP contribution is -2.44. The number of rotatable bonds is 5. The molecule has 1 rings (SSSR count). The van der Waals surface area contributed by atoms with Crippen LogP contribution in [0.2, 0.25) is 0 Å². The highest BCUT2D eigenvalue weighted by Gasteiger charge is 2.36. The average molecular weight is 290 g/mol. The number of carbonyl (C=O) groups is 1. The minimum absolute atomic E-state index is 0.0738. The number of alkyl halides is 1. The second kappa shape index (κ2) is 6.63. The van der Waals surface area contributed by atoms with Crippen molar-refractivity contribution in [1.82, 2.24) is 4.90 Å². The SMILES string of the molecule is CCCN(CCBr)C(=O)C1(C)CCCCC1. The number of hydrogen-bond acceptors (Lipinski definition) is 1. The van der Waals surface area contributed by atoms with E-state index in [0.29, 0.717) is 5.91 Å². The molecule has 0 bridgehead atoms. The zero-order chi connectivity index (χ0) is 12.0. The highest BCUT2D eigenvalue weighted by atomic mass is 79.9. The van der Waals surface area contributed by atoms with Crippen LogP contribution >= 0.6 is 15.9 Å². The van der Waals surface area contributed by atoms with Gasteiger partial charge in [0.05, 0.1) is 0 Å². The first-order chi connectivity index (χ1) is 7.64. The minimum Gasteiger partial charge on any atom is -0.341 e. The van der Waals surface area contributed by atoms with Gasteiger partial charge in [-0.25, -0.2) is 0 Å². The summed E-state index contributed by atoms with van der Waals surface area (Å²) in [6, 6.07) is 0. The number of carbonyl (C=O) groups excluding carboxylic acids is 1. The van der Waals surface area contributed by atoms with Gasteiger partial charge in [0, 0.05) is 23.8 Å². The van der Waals surface area contributed by atoms with Crippen LogP contribution in [0.5, 0.6) is 0 Å². The molecule has 0 aromatic rings. The van der Waals surface area contributed by atoms with Gasteiger partial charge in [-0.1, -0.05) is 49.0 Å². The second-order valence-corrected chi connectivity index (χ2v) is 5.90. The van der Waals surface area contributed by atoms with Crippen molar-refractivity contribution in [3.05, 3.63) is 0 Å². The van der Waals surface area contributed by atoms with Crippen molar-refractivity contribution in [2.24, 2.45) is 5.41 Å². The van der Waals surface area contributed by atoms with Crippen LogP contribution in [-0.4, -0.2) is 29.2 Å². The van der Waals surface area contributed by atoms with Gasteiger partial charge in [0.2, 0.25) is 5.91 Å². The highest BCUT2D eigenvalue weighted by molar-refractivity contribution is 9.09. The Kier molecular flexibility index (Phi) is 5.81. The van der Waals surface area contributed by atoms with Gasteiger partial charge in [0.15, 0.2) is 0 Å². The van der Waals surface area contributed by atoms with E-state index in [4.69, 9.17) is 0 Å². The molecule has 0 atom stereocenters. The Balaban J connectivity index is 2.63. The number of halogens is 1. The summed E-state index contributed by atoms with van der Waals surface area (Å²) in [5.74, 6) is 0.383. The molecule has 1 amide bonds. The Bertz CT molecular complexity index is 218. The predicted octanol–water partition coefficient (Wildman–Crippen LogP) is 3.59. The lowest BCUT2D eigenvalue weighted by Gasteiger charge is -2.37. The molecule has 1 aliphatic carbocycles. The van der Waals surface area contributed by atoms with E-state index in [1.807, 2.05) is 4.90 Å². The van der Waals surface area contributed by atoms with E-state index >= 15 is 0 Å². The van der Waals surface area contributed by atoms with Crippen LogP contribution in [0.25, 0.3) is 0 Å². The van der Waals surface area contributed by atoms with E-state index in [9.17, 15) is 4.79 Å². The number of nitrogens with zero attached hydrogens (tertiary/aromatic N) is 1. The molecular formula is C13H24BrNO. The summed E-state index contributed by atoms with van der Waals surface area (Å²) in [4.78, 5) is 14.5. The molecule has 0 heterocycles. The molecule has 3 heteroatoms. The second-order valence-electron chi connectivity index (χ2n) is 5.10. The Morgan fingerprint density at radius 1 is 1.25 bits per heavy atom. The van der Waals surface area contributed by atoms with Gasteiger partial charge in [-0.2, -0.15) is 0 Å². The fraction of sp³-hybridized carbons (Fsp3) is 0.923. The predicted molar refractivity (Wildman–Crippen MR) is 71.9 cm³/mol. The van der Waals surface area contributed by atoms with Crippen LogP contribution in [-0.2, 0) is 4.79 Å². The summed E-state index contributed by atoms with van der Waals surface area (Å²) in [6.45, 7) is 6.05. The number of amides is 1. The molecule has 94 valence electrons. The monoisotopic (exact) mass is 289 g/mol. The third-order valence-electron chi connectivity index (χ3n) is 3.61. The van der Waals surface area contributed by atoms with Gasteiger partial charge in [-0.05, 0) is 19.3 Å². The Morgan fingerprint density at radius 2 is 1.88 bits per heavy atom. The van der Waals surface area contributed by atoms with Crippen molar-refractivity contribution in [2.75, 3.05) is 18.4 Å². The summed E-state index contributed by atoms with van der Waals surface area (Å²) >= 11 is 3.44. The van der Waals surface area contributed by atoms with Crippen molar-refractivity contribution < 1.29 is 4.79 Å². The topological polar surface area (TPSA) is 20.3 Å². The van der Waals surface area contributed by atoms with Gasteiger partial charge in [-0.3, -0.25) is 4.79 Å². The maximum absolute atomic E-state index is 12.5. The molecule has 1 aliphatic rings. The van der Waals surface area contributed by atoms with Crippen LogP contribution in [0.4, 0.5) is 0 Å². The molecule has 0 spiro atoms. The van der Waals surface area contributed by atoms with Gasteiger partial charge in [-0.15, -0.1) is 0 Å². The van der Waals surface area contributed by atoms with Gasteiger partial charge in [0.25, 0.3) is 0 Å². The minimum atomic E-state index is -0.0738. The molecule has 0 radical (unpaired) electrons. The summed E-state index contributed by atoms with van der Waals surface area (Å²) < 4.78 is 0. The lowest BCUT2D eigenvalue weighted by atomic mass is 9.74. The maximum atomic E-state index is 12.5. The van der Waals surface area contributed by atoms with Crippen LogP contribution in [0.1, 0.15) is 52.4 Å². The van der Waals surface area contributed by atoms with Crippen LogP contribution in [0, 0.1) is 5.41 Å². The molecule has 16 heavy (non-hydrogen) atoms. The molecule has 0 saturated heterocycles. The van der Waals surface area contributed by atoms with E-state index < -0.39 is 0 Å². The molecular weight excluding hydrogens is 266 g/mol. The normalized spacial score (nSPS) is 19.4. The highest BCUT2D eigenvalue weighted by Crippen LogP contribution is 2.37. The van der Waals surface area contributed by atoms with Crippen molar-refractivity contribution in [3.8, 4) is 0 Å². The standard InChI is InChI=1S/C13H24BrNO/c1-3-10-15(11-9-14)12(16)13(2)7-5-4-6-8-13/h3-11H2,1-2H3. The first-order valence-electron chi connectivity index (χ1n) is 6.49. The van der Waals surface area contributed by atoms with Gasteiger partial charge >= 0.3 is 0 Å². The molecule has 2 nitrogen and oxygen atoms in total. The molecule has 0 unspecified atom stereocenters. The van der Waals surface area contributed by atoms with E-state index in [0.717, 1.165) is 37.7 Å². The van der Waals surface area contributed by atoms with Gasteiger partial charge in [0.1, 0.15) is 0 Å². The zero-order valence-electron chi connectivity index (χ0n) is 10.6. The van der Waals surface area contributed by atoms with E-state index in [2.05, 4.69) is 29.8 Å². The molecule has 0 N–H and O–H groups in total. The summed E-state index contributed by atoms with van der Waals surface area (Å²) in [6.07, 6.45) is 6.94. The van der Waals surface area contributed by atoms with Crippen molar-refractivity contribution in [1.29, 1.82) is 0 Å². The summed E-state index contributed by atoms with van der Waals surface area (Å²) in [5.41, 5.74) is -0.0738. The Labute approximate surface area is 108 Å². The number of hydrogen-bond donors (Lipinski definition) is 0. The molecule has 0 aliphatic heterocycles. The smallest absolute Gasteiger partial charge is 0.228 e. The first-order valence-corrected chi connectivity index (χ1v) is 7.61. The zero-order valence-corrected chi connectivity index (χ0v) is 12.2. The molecule has 1 saturated carbocycles. The fourth-order valence-corrected chi connectivity index (χ4v) is 3.04. The summed E-state index contributed by atoms with van der Waals surface area (Å²) in [5, 5.41) is 0.884. The third kappa shape index (κ3) is 3.47. The largest absolute Gasteiger partial charge is 0.341 e. The van der Waals surface area contributed by atoms with Crippen LogP contribution in [0.3, 0.4) is 0 Å². The van der Waals surface area contributed by atoms with E-state index in [1.165, 1.54) is 19.3 Å². The Hall–Kier alpha value is -0.0500. The van der Waals surface area contributed by atoms with E-state index in [1.54, 1.807) is 0 Å². The van der Waals surface area contributed by atoms with Crippen LogP contribution < -0.4 is 0 Å². The Morgan fingerprint density at radius 3 is 2.38 bits per heavy atom. The fourth-order valence-electron chi connectivity index (χ4n) is 2.61. The molecule has 0 aromatic carbocycles. The van der Waals surface area contributed by atoms with Crippen molar-refractivity contribution in [3.63, 3.8) is 0 Å². The van der Waals surface area contributed by atoms with Crippen LogP contribution in [0.15, 0.2) is 0 Å². The van der Waals surface area contributed by atoms with E-state index in [-0.39, 0.29) is 5.41 Å². The third-order valence-corrected chi connectivity index (χ3v) is 3.96. The summed E-state index contributed by atoms with van der Waals surface area (Å²) in [7, 11) is 0. The lowest BCUT2D eigenvalue weighted by molar-refractivity contribution is -0.142. The van der Waals surface area contributed by atoms with Gasteiger partial charge < -0.3 is 4.90 Å². The first kappa shape index (κ1) is 14.0. The maximum Gasteiger partial charge on any atom is 0.228 e. The molecule has 1 fully saturated rings. The molecule has 0 aromatic heterocycles.